The molecule has 2 N–H and O–H groups in total. The monoisotopic (exact) mass is 354 g/mol. The van der Waals surface area contributed by atoms with Gasteiger partial charge in [0.2, 0.25) is 5.95 Å². The highest BCUT2D eigenvalue weighted by Gasteiger charge is 2.23. The van der Waals surface area contributed by atoms with Crippen molar-refractivity contribution < 1.29 is 14.2 Å². The lowest BCUT2D eigenvalue weighted by Gasteiger charge is -2.26. The van der Waals surface area contributed by atoms with Crippen molar-refractivity contribution in [1.82, 2.24) is 9.97 Å². The summed E-state index contributed by atoms with van der Waals surface area (Å²) >= 11 is 0. The number of benzene rings is 1. The van der Waals surface area contributed by atoms with Crippen LogP contribution in [0.1, 0.15) is 18.4 Å². The van der Waals surface area contributed by atoms with E-state index in [0.29, 0.717) is 11.6 Å². The number of aromatic nitrogens is 2. The van der Waals surface area contributed by atoms with Crippen LogP contribution in [0, 0.1) is 12.7 Å². The number of nitrogens with zero attached hydrogens (tertiary/aromatic N) is 3. The first-order chi connectivity index (χ1) is 11.0. The number of phenols is 1. The Morgan fingerprint density at radius 1 is 1.42 bits per heavy atom. The van der Waals surface area contributed by atoms with Crippen molar-refractivity contribution in [3.63, 3.8) is 0 Å². The van der Waals surface area contributed by atoms with Gasteiger partial charge in [-0.2, -0.15) is 4.98 Å². The first-order valence-electron chi connectivity index (χ1n) is 7.48. The molecule has 1 fully saturated rings. The first kappa shape index (κ1) is 18.2. The maximum atomic E-state index is 13.4. The van der Waals surface area contributed by atoms with Gasteiger partial charge in [-0.05, 0) is 31.9 Å². The van der Waals surface area contributed by atoms with Crippen LogP contribution in [0.2, 0.25) is 0 Å². The number of halogens is 2. The lowest BCUT2D eigenvalue weighted by molar-refractivity contribution is 0.111. The topological polar surface area (TPSA) is 70.5 Å². The fourth-order valence-electron chi connectivity index (χ4n) is 2.57. The van der Waals surface area contributed by atoms with Gasteiger partial charge in [-0.25, -0.2) is 9.37 Å². The van der Waals surface area contributed by atoms with E-state index < -0.39 is 5.82 Å². The van der Waals surface area contributed by atoms with Gasteiger partial charge < -0.3 is 20.1 Å². The van der Waals surface area contributed by atoms with Crippen molar-refractivity contribution >= 4 is 29.9 Å². The molecule has 0 radical (unpaired) electrons. The van der Waals surface area contributed by atoms with E-state index in [1.165, 1.54) is 12.1 Å². The minimum Gasteiger partial charge on any atom is -0.505 e. The third kappa shape index (κ3) is 3.85. The number of hydrogen-bond acceptors (Lipinski definition) is 6. The molecule has 1 aromatic carbocycles. The molecule has 1 saturated heterocycles. The van der Waals surface area contributed by atoms with Crippen LogP contribution in [0.5, 0.6) is 5.75 Å². The van der Waals surface area contributed by atoms with Crippen molar-refractivity contribution in [3.8, 4) is 5.75 Å². The summed E-state index contributed by atoms with van der Waals surface area (Å²) in [6.45, 7) is 2.70. The summed E-state index contributed by atoms with van der Waals surface area (Å²) in [7, 11) is 1.94. The summed E-state index contributed by atoms with van der Waals surface area (Å²) in [4.78, 5) is 10.7. The van der Waals surface area contributed by atoms with Crippen molar-refractivity contribution in [2.45, 2.75) is 26.0 Å². The van der Waals surface area contributed by atoms with Crippen molar-refractivity contribution in [1.29, 1.82) is 0 Å². The molecule has 130 valence electrons. The molecule has 0 amide bonds. The van der Waals surface area contributed by atoms with Crippen LogP contribution >= 0.6 is 12.4 Å². The molecule has 3 rings (SSSR count). The maximum Gasteiger partial charge on any atom is 0.229 e. The Morgan fingerprint density at radius 2 is 2.21 bits per heavy atom. The summed E-state index contributed by atoms with van der Waals surface area (Å²) in [5, 5.41) is 12.2. The van der Waals surface area contributed by atoms with Crippen LogP contribution in [-0.2, 0) is 4.74 Å². The van der Waals surface area contributed by atoms with E-state index in [1.54, 1.807) is 12.3 Å². The Balaban J connectivity index is 0.00000208. The highest BCUT2D eigenvalue weighted by Crippen LogP contribution is 2.26. The van der Waals surface area contributed by atoms with Crippen LogP contribution in [-0.4, -0.2) is 35.0 Å². The van der Waals surface area contributed by atoms with Gasteiger partial charge in [-0.1, -0.05) is 0 Å². The number of nitrogens with one attached hydrogen (secondary N) is 1. The molecule has 6 nitrogen and oxygen atoms in total. The van der Waals surface area contributed by atoms with Crippen LogP contribution in [0.3, 0.4) is 0 Å². The maximum absolute atomic E-state index is 13.4. The normalized spacial score (nSPS) is 16.5. The van der Waals surface area contributed by atoms with E-state index in [0.717, 1.165) is 30.8 Å². The van der Waals surface area contributed by atoms with Gasteiger partial charge in [0.05, 0.1) is 0 Å². The second-order valence-electron chi connectivity index (χ2n) is 5.57. The van der Waals surface area contributed by atoms with Crippen molar-refractivity contribution in [2.24, 2.45) is 0 Å². The fourth-order valence-corrected chi connectivity index (χ4v) is 2.57. The number of anilines is 3. The van der Waals surface area contributed by atoms with Crippen LogP contribution < -0.4 is 10.2 Å². The zero-order chi connectivity index (χ0) is 16.4. The highest BCUT2D eigenvalue weighted by atomic mass is 35.5. The molecule has 0 bridgehead atoms. The van der Waals surface area contributed by atoms with E-state index in [4.69, 9.17) is 4.74 Å². The molecular formula is C16H20ClFN4O2. The van der Waals surface area contributed by atoms with Gasteiger partial charge in [-0.15, -0.1) is 12.4 Å². The summed E-state index contributed by atoms with van der Waals surface area (Å²) < 4.78 is 19.1. The lowest BCUT2D eigenvalue weighted by atomic mass is 10.2. The third-order valence-corrected chi connectivity index (χ3v) is 3.82. The second-order valence-corrected chi connectivity index (χ2v) is 5.57. The number of aryl methyl sites for hydroxylation is 1. The third-order valence-electron chi connectivity index (χ3n) is 3.82. The predicted molar refractivity (Wildman–Crippen MR) is 92.7 cm³/mol. The number of phenolic OH excluding ortho intramolecular Hbond substituents is 1. The standard InChI is InChI=1S/C16H19FN4O2.ClH/c1-10-9-18-16(19-11-5-6-13(22)12(17)8-11)20-15(10)21(2)14-4-3-7-23-14;/h5-6,8-9,14,22H,3-4,7H2,1-2H3,(H,18,19,20);1H. The molecular weight excluding hydrogens is 335 g/mol. The van der Waals surface area contributed by atoms with Crippen molar-refractivity contribution in [3.05, 3.63) is 35.8 Å². The zero-order valence-corrected chi connectivity index (χ0v) is 14.3. The second kappa shape index (κ2) is 7.63. The Bertz CT molecular complexity index is 710. The molecule has 1 aromatic heterocycles. The Morgan fingerprint density at radius 3 is 2.88 bits per heavy atom. The van der Waals surface area contributed by atoms with Gasteiger partial charge in [-0.3, -0.25) is 0 Å². The highest BCUT2D eigenvalue weighted by molar-refractivity contribution is 5.85. The van der Waals surface area contributed by atoms with Gasteiger partial charge in [0.15, 0.2) is 11.6 Å². The number of rotatable bonds is 4. The molecule has 2 heterocycles. The Kier molecular flexibility index (Phi) is 5.80. The van der Waals surface area contributed by atoms with Crippen molar-refractivity contribution in [2.75, 3.05) is 23.9 Å². The molecule has 0 saturated carbocycles. The summed E-state index contributed by atoms with van der Waals surface area (Å²) in [6.07, 6.45) is 3.73. The van der Waals surface area contributed by atoms with Gasteiger partial charge in [0, 0.05) is 37.2 Å². The molecule has 0 aliphatic carbocycles. The zero-order valence-electron chi connectivity index (χ0n) is 13.5. The number of aromatic hydroxyl groups is 1. The molecule has 1 aliphatic rings. The van der Waals surface area contributed by atoms with Gasteiger partial charge >= 0.3 is 0 Å². The van der Waals surface area contributed by atoms with E-state index in [-0.39, 0.29) is 24.4 Å². The fraction of sp³-hybridized carbons (Fsp3) is 0.375. The van der Waals surface area contributed by atoms with E-state index >= 15 is 0 Å². The molecule has 24 heavy (non-hydrogen) atoms. The van der Waals surface area contributed by atoms with Crippen LogP contribution in [0.15, 0.2) is 24.4 Å². The van der Waals surface area contributed by atoms with Crippen LogP contribution in [0.4, 0.5) is 21.8 Å². The van der Waals surface area contributed by atoms with E-state index in [9.17, 15) is 9.50 Å². The SMILES string of the molecule is Cc1cnc(Nc2ccc(O)c(F)c2)nc1N(C)C1CCCO1.Cl. The average molecular weight is 355 g/mol. The molecule has 1 unspecified atom stereocenters. The largest absolute Gasteiger partial charge is 0.505 e. The Hall–Kier alpha value is -2.12. The van der Waals surface area contributed by atoms with Gasteiger partial charge in [0.1, 0.15) is 12.0 Å². The molecule has 2 aromatic rings. The number of ether oxygens (including phenoxy) is 1. The van der Waals surface area contributed by atoms with E-state index in [1.807, 2.05) is 18.9 Å². The molecule has 8 heteroatoms. The molecule has 1 atom stereocenters. The molecule has 1 aliphatic heterocycles. The number of hydrogen-bond donors (Lipinski definition) is 2. The lowest BCUT2D eigenvalue weighted by Crippen LogP contribution is -2.32. The van der Waals surface area contributed by atoms with Crippen LogP contribution in [0.25, 0.3) is 0 Å². The van der Waals surface area contributed by atoms with E-state index in [2.05, 4.69) is 15.3 Å². The Labute approximate surface area is 146 Å². The average Bonchev–Trinajstić information content (AvgIpc) is 3.06. The minimum absolute atomic E-state index is 0. The smallest absolute Gasteiger partial charge is 0.229 e. The minimum atomic E-state index is -0.696. The summed E-state index contributed by atoms with van der Waals surface area (Å²) in [5.74, 6) is 0.0483. The first-order valence-corrected chi connectivity index (χ1v) is 7.48. The molecule has 0 spiro atoms. The predicted octanol–water partition coefficient (Wildman–Crippen LogP) is 3.37. The quantitative estimate of drug-likeness (QED) is 0.820. The summed E-state index contributed by atoms with van der Waals surface area (Å²) in [5.41, 5.74) is 1.40. The van der Waals surface area contributed by atoms with Gasteiger partial charge in [0.25, 0.3) is 0 Å². The summed E-state index contributed by atoms with van der Waals surface area (Å²) in [6, 6.07) is 4.04.